The van der Waals surface area contributed by atoms with Gasteiger partial charge in [0.2, 0.25) is 10.0 Å². The topological polar surface area (TPSA) is 84.2 Å². The van der Waals surface area contributed by atoms with E-state index >= 15 is 0 Å². The summed E-state index contributed by atoms with van der Waals surface area (Å²) in [6, 6.07) is 6.42. The van der Waals surface area contributed by atoms with Crippen molar-refractivity contribution in [1.29, 1.82) is 0 Å². The monoisotopic (exact) mass is 329 g/mol. The number of sulfonamides is 1. The number of hydrogen-bond donors (Lipinski definition) is 3. The van der Waals surface area contributed by atoms with Gasteiger partial charge in [-0.25, -0.2) is 13.1 Å². The van der Waals surface area contributed by atoms with E-state index in [-0.39, 0.29) is 9.64 Å². The van der Waals surface area contributed by atoms with Gasteiger partial charge in [0.15, 0.2) is 0 Å². The number of nitrogens with one attached hydrogen (secondary N) is 2. The van der Waals surface area contributed by atoms with Gasteiger partial charge in [-0.3, -0.25) is 5.84 Å². The zero-order chi connectivity index (χ0) is 15.3. The van der Waals surface area contributed by atoms with Crippen LogP contribution in [0.3, 0.4) is 0 Å². The van der Waals surface area contributed by atoms with Gasteiger partial charge in [0.1, 0.15) is 0 Å². The van der Waals surface area contributed by atoms with Crippen molar-refractivity contribution in [3.63, 3.8) is 0 Å². The van der Waals surface area contributed by atoms with E-state index in [1.807, 2.05) is 0 Å². The van der Waals surface area contributed by atoms with Crippen molar-refractivity contribution in [1.82, 2.24) is 4.72 Å². The molecule has 0 amide bonds. The summed E-state index contributed by atoms with van der Waals surface area (Å²) < 4.78 is 27.5. The zero-order valence-electron chi connectivity index (χ0n) is 12.3. The van der Waals surface area contributed by atoms with Gasteiger partial charge in [-0.2, -0.15) is 11.8 Å². The Morgan fingerprint density at radius 3 is 2.33 bits per heavy atom. The second kappa shape index (κ2) is 7.00. The number of nitrogens with two attached hydrogens (primary N) is 1. The van der Waals surface area contributed by atoms with Crippen LogP contribution < -0.4 is 16.0 Å². The maximum atomic E-state index is 12.4. The van der Waals surface area contributed by atoms with Crippen LogP contribution in [0, 0.1) is 0 Å². The molecule has 1 fully saturated rings. The van der Waals surface area contributed by atoms with Crippen LogP contribution in [0.4, 0.5) is 5.69 Å². The SMILES string of the molecule is CSC1(CNS(=O)(=O)c2ccc(NN)cc2)CCCCC1. The standard InChI is InChI=1S/C14H23N3O2S2/c1-20-14(9-3-2-4-10-14)11-16-21(18,19)13-7-5-12(17-15)6-8-13/h5-8,16-17H,2-4,9-11,15H2,1H3. The highest BCUT2D eigenvalue weighted by Crippen LogP contribution is 2.38. The molecule has 0 aliphatic heterocycles. The quantitative estimate of drug-likeness (QED) is 0.551. The first-order valence-corrected chi connectivity index (χ1v) is 9.84. The molecule has 5 nitrogen and oxygen atoms in total. The molecule has 0 atom stereocenters. The minimum atomic E-state index is -3.46. The van der Waals surface area contributed by atoms with Crippen LogP contribution in [0.25, 0.3) is 0 Å². The normalized spacial score (nSPS) is 18.4. The molecule has 2 rings (SSSR count). The number of thioether (sulfide) groups is 1. The molecule has 4 N–H and O–H groups in total. The molecule has 0 radical (unpaired) electrons. The van der Waals surface area contributed by atoms with Gasteiger partial charge in [0.25, 0.3) is 0 Å². The van der Waals surface area contributed by atoms with Crippen LogP contribution in [0.2, 0.25) is 0 Å². The fraction of sp³-hybridized carbons (Fsp3) is 0.571. The molecule has 0 unspecified atom stereocenters. The maximum absolute atomic E-state index is 12.4. The maximum Gasteiger partial charge on any atom is 0.240 e. The number of anilines is 1. The number of hydrogen-bond acceptors (Lipinski definition) is 5. The molecule has 7 heteroatoms. The Bertz CT molecular complexity index is 552. The molecule has 1 aliphatic carbocycles. The van der Waals surface area contributed by atoms with Crippen molar-refractivity contribution in [3.8, 4) is 0 Å². The molecule has 1 aromatic rings. The fourth-order valence-corrected chi connectivity index (χ4v) is 4.82. The Morgan fingerprint density at radius 2 is 1.81 bits per heavy atom. The molecule has 0 aromatic heterocycles. The highest BCUT2D eigenvalue weighted by molar-refractivity contribution is 8.00. The molecule has 21 heavy (non-hydrogen) atoms. The summed E-state index contributed by atoms with van der Waals surface area (Å²) >= 11 is 1.78. The number of rotatable bonds is 6. The summed E-state index contributed by atoms with van der Waals surface area (Å²) in [5.41, 5.74) is 3.17. The molecule has 0 bridgehead atoms. The van der Waals surface area contributed by atoms with Crippen molar-refractivity contribution in [2.75, 3.05) is 18.2 Å². The van der Waals surface area contributed by atoms with Gasteiger partial charge < -0.3 is 5.43 Å². The third kappa shape index (κ3) is 4.12. The molecule has 1 aromatic carbocycles. The molecule has 1 saturated carbocycles. The summed E-state index contributed by atoms with van der Waals surface area (Å²) in [6.07, 6.45) is 7.84. The third-order valence-electron chi connectivity index (χ3n) is 4.11. The first-order valence-electron chi connectivity index (χ1n) is 7.13. The number of benzene rings is 1. The van der Waals surface area contributed by atoms with Crippen LogP contribution in [0.15, 0.2) is 29.2 Å². The first-order chi connectivity index (χ1) is 10.0. The smallest absolute Gasteiger partial charge is 0.240 e. The van der Waals surface area contributed by atoms with Crippen molar-refractivity contribution < 1.29 is 8.42 Å². The summed E-state index contributed by atoms with van der Waals surface area (Å²) in [5, 5.41) is 0. The predicted molar refractivity (Wildman–Crippen MR) is 88.8 cm³/mol. The van der Waals surface area contributed by atoms with Gasteiger partial charge >= 0.3 is 0 Å². The van der Waals surface area contributed by atoms with E-state index in [0.29, 0.717) is 12.2 Å². The highest BCUT2D eigenvalue weighted by Gasteiger charge is 2.32. The summed E-state index contributed by atoms with van der Waals surface area (Å²) in [4.78, 5) is 0.272. The second-order valence-electron chi connectivity index (χ2n) is 5.44. The summed E-state index contributed by atoms with van der Waals surface area (Å²) in [5.74, 6) is 5.28. The minimum absolute atomic E-state index is 0.0457. The predicted octanol–water partition coefficient (Wildman–Crippen LogP) is 2.32. The summed E-state index contributed by atoms with van der Waals surface area (Å²) in [6.45, 7) is 0.493. The van der Waals surface area contributed by atoms with Gasteiger partial charge in [-0.05, 0) is 43.4 Å². The molecule has 118 valence electrons. The average Bonchev–Trinajstić information content (AvgIpc) is 2.54. The lowest BCUT2D eigenvalue weighted by molar-refractivity contribution is 0.395. The lowest BCUT2D eigenvalue weighted by Gasteiger charge is -2.35. The van der Waals surface area contributed by atoms with E-state index < -0.39 is 10.0 Å². The average molecular weight is 329 g/mol. The number of nitrogen functional groups attached to an aromatic ring is 1. The van der Waals surface area contributed by atoms with E-state index in [9.17, 15) is 8.42 Å². The Balaban J connectivity index is 2.06. The van der Waals surface area contributed by atoms with Crippen molar-refractivity contribution in [2.24, 2.45) is 5.84 Å². The van der Waals surface area contributed by atoms with Gasteiger partial charge in [0.05, 0.1) is 4.90 Å². The zero-order valence-corrected chi connectivity index (χ0v) is 13.9. The first kappa shape index (κ1) is 16.6. The third-order valence-corrected chi connectivity index (χ3v) is 6.95. The lowest BCUT2D eigenvalue weighted by atomic mass is 9.88. The Kier molecular flexibility index (Phi) is 5.54. The molecular weight excluding hydrogens is 306 g/mol. The minimum Gasteiger partial charge on any atom is -0.324 e. The molecule has 0 spiro atoms. The Morgan fingerprint density at radius 1 is 1.19 bits per heavy atom. The van der Waals surface area contributed by atoms with Crippen molar-refractivity contribution in [3.05, 3.63) is 24.3 Å². The van der Waals surface area contributed by atoms with Crippen LogP contribution >= 0.6 is 11.8 Å². The highest BCUT2D eigenvalue weighted by atomic mass is 32.2. The Labute approximate surface area is 131 Å². The fourth-order valence-electron chi connectivity index (χ4n) is 2.69. The largest absolute Gasteiger partial charge is 0.324 e. The van der Waals surface area contributed by atoms with Crippen LogP contribution in [-0.2, 0) is 10.0 Å². The molecular formula is C14H23N3O2S2. The van der Waals surface area contributed by atoms with E-state index in [4.69, 9.17) is 5.84 Å². The van der Waals surface area contributed by atoms with Crippen LogP contribution in [0.1, 0.15) is 32.1 Å². The Hall–Kier alpha value is -0.760. The second-order valence-corrected chi connectivity index (χ2v) is 8.48. The lowest BCUT2D eigenvalue weighted by Crippen LogP contribution is -2.41. The van der Waals surface area contributed by atoms with E-state index in [0.717, 1.165) is 12.8 Å². The molecule has 1 aliphatic rings. The van der Waals surface area contributed by atoms with E-state index in [2.05, 4.69) is 16.4 Å². The summed E-state index contributed by atoms with van der Waals surface area (Å²) in [7, 11) is -3.46. The van der Waals surface area contributed by atoms with Crippen LogP contribution in [-0.4, -0.2) is 26.0 Å². The van der Waals surface area contributed by atoms with E-state index in [1.54, 1.807) is 36.0 Å². The molecule has 0 heterocycles. The van der Waals surface area contributed by atoms with Gasteiger partial charge in [-0.15, -0.1) is 0 Å². The molecule has 0 saturated heterocycles. The van der Waals surface area contributed by atoms with Gasteiger partial charge in [-0.1, -0.05) is 19.3 Å². The number of hydrazine groups is 1. The van der Waals surface area contributed by atoms with Crippen LogP contribution in [0.5, 0.6) is 0 Å². The van der Waals surface area contributed by atoms with Crippen molar-refractivity contribution >= 4 is 27.5 Å². The van der Waals surface area contributed by atoms with Crippen molar-refractivity contribution in [2.45, 2.75) is 41.7 Å². The van der Waals surface area contributed by atoms with Gasteiger partial charge in [0, 0.05) is 17.0 Å². The van der Waals surface area contributed by atoms with E-state index in [1.165, 1.54) is 19.3 Å².